The average Bonchev–Trinajstić information content (AvgIpc) is 2.58. The van der Waals surface area contributed by atoms with E-state index in [4.69, 9.17) is 4.74 Å². The Morgan fingerprint density at radius 2 is 1.82 bits per heavy atom. The maximum absolute atomic E-state index is 5.75. The largest absolute Gasteiger partial charge is 0.494 e. The number of unbranched alkanes of at least 4 members (excludes halogenated alkanes) is 1. The number of hydrogen-bond acceptors (Lipinski definition) is 2. The highest BCUT2D eigenvalue weighted by Crippen LogP contribution is 2.25. The number of ether oxygens (including phenoxy) is 1. The summed E-state index contributed by atoms with van der Waals surface area (Å²) in [6.45, 7) is 6.46. The van der Waals surface area contributed by atoms with Gasteiger partial charge in [0.2, 0.25) is 0 Å². The molecule has 0 amide bonds. The summed E-state index contributed by atoms with van der Waals surface area (Å²) in [4.78, 5) is 0. The van der Waals surface area contributed by atoms with Crippen LogP contribution in [-0.4, -0.2) is 13.2 Å². The first-order valence-corrected chi connectivity index (χ1v) is 9.29. The molecule has 1 aliphatic rings. The predicted octanol–water partition coefficient (Wildman–Crippen LogP) is 5.49. The molecular formula is C20H33NO. The van der Waals surface area contributed by atoms with E-state index in [1.54, 1.807) is 0 Å². The minimum atomic E-state index is 0.478. The third kappa shape index (κ3) is 5.64. The number of rotatable bonds is 9. The Bertz CT molecular complexity index is 395. The molecule has 2 heteroatoms. The topological polar surface area (TPSA) is 21.3 Å². The van der Waals surface area contributed by atoms with Crippen LogP contribution >= 0.6 is 0 Å². The highest BCUT2D eigenvalue weighted by atomic mass is 16.5. The lowest BCUT2D eigenvalue weighted by Gasteiger charge is -2.25. The minimum Gasteiger partial charge on any atom is -0.494 e. The summed E-state index contributed by atoms with van der Waals surface area (Å²) in [5.41, 5.74) is 1.39. The molecular weight excluding hydrogens is 270 g/mol. The van der Waals surface area contributed by atoms with Gasteiger partial charge in [0, 0.05) is 6.04 Å². The first-order valence-electron chi connectivity index (χ1n) is 9.29. The fourth-order valence-electron chi connectivity index (χ4n) is 3.33. The first-order chi connectivity index (χ1) is 10.8. The molecule has 1 saturated carbocycles. The van der Waals surface area contributed by atoms with E-state index in [-0.39, 0.29) is 0 Å². The molecule has 1 fully saturated rings. The van der Waals surface area contributed by atoms with Gasteiger partial charge in [0.15, 0.2) is 0 Å². The Morgan fingerprint density at radius 3 is 2.45 bits per heavy atom. The molecule has 0 heterocycles. The third-order valence-electron chi connectivity index (χ3n) is 4.84. The second-order valence-corrected chi connectivity index (χ2v) is 6.64. The van der Waals surface area contributed by atoms with Gasteiger partial charge in [-0.05, 0) is 55.8 Å². The van der Waals surface area contributed by atoms with E-state index in [1.165, 1.54) is 50.6 Å². The normalized spacial score (nSPS) is 17.4. The van der Waals surface area contributed by atoms with Gasteiger partial charge in [-0.2, -0.15) is 0 Å². The van der Waals surface area contributed by atoms with Gasteiger partial charge in [0.05, 0.1) is 6.61 Å². The molecule has 124 valence electrons. The van der Waals surface area contributed by atoms with Crippen LogP contribution < -0.4 is 10.1 Å². The van der Waals surface area contributed by atoms with Crippen LogP contribution in [0.4, 0.5) is 0 Å². The van der Waals surface area contributed by atoms with Crippen LogP contribution in [0.2, 0.25) is 0 Å². The maximum atomic E-state index is 5.75. The lowest BCUT2D eigenvalue weighted by Crippen LogP contribution is -2.28. The fourth-order valence-corrected chi connectivity index (χ4v) is 3.33. The minimum absolute atomic E-state index is 0.478. The van der Waals surface area contributed by atoms with E-state index in [1.807, 2.05) is 0 Å². The van der Waals surface area contributed by atoms with E-state index in [0.29, 0.717) is 6.04 Å². The van der Waals surface area contributed by atoms with E-state index in [0.717, 1.165) is 31.1 Å². The van der Waals surface area contributed by atoms with Crippen molar-refractivity contribution in [2.24, 2.45) is 5.92 Å². The molecule has 1 aliphatic carbocycles. The second kappa shape index (κ2) is 9.89. The molecule has 0 bridgehead atoms. The zero-order valence-electron chi connectivity index (χ0n) is 14.4. The lowest BCUT2D eigenvalue weighted by atomic mass is 9.89. The van der Waals surface area contributed by atoms with Gasteiger partial charge in [-0.3, -0.25) is 0 Å². The van der Waals surface area contributed by atoms with Crippen molar-refractivity contribution in [1.82, 2.24) is 5.32 Å². The van der Waals surface area contributed by atoms with Crippen LogP contribution in [0.1, 0.15) is 76.8 Å². The molecule has 1 aromatic rings. The van der Waals surface area contributed by atoms with Crippen LogP contribution in [0.25, 0.3) is 0 Å². The highest BCUT2D eigenvalue weighted by Gasteiger charge is 2.15. The molecule has 1 unspecified atom stereocenters. The second-order valence-electron chi connectivity index (χ2n) is 6.64. The van der Waals surface area contributed by atoms with Gasteiger partial charge in [0.25, 0.3) is 0 Å². The van der Waals surface area contributed by atoms with Crippen molar-refractivity contribution in [2.75, 3.05) is 13.2 Å². The average molecular weight is 303 g/mol. The van der Waals surface area contributed by atoms with Gasteiger partial charge < -0.3 is 10.1 Å². The van der Waals surface area contributed by atoms with Crippen LogP contribution in [0.3, 0.4) is 0 Å². The van der Waals surface area contributed by atoms with Crippen molar-refractivity contribution in [1.29, 1.82) is 0 Å². The van der Waals surface area contributed by atoms with Gasteiger partial charge in [-0.25, -0.2) is 0 Å². The summed E-state index contributed by atoms with van der Waals surface area (Å²) in [6, 6.07) is 9.17. The molecule has 1 aromatic carbocycles. The highest BCUT2D eigenvalue weighted by molar-refractivity contribution is 5.29. The molecule has 0 spiro atoms. The van der Waals surface area contributed by atoms with Gasteiger partial charge in [-0.15, -0.1) is 0 Å². The number of nitrogens with one attached hydrogen (secondary N) is 1. The number of hydrogen-bond donors (Lipinski definition) is 1. The standard InChI is InChI=1S/C20H33NO/c1-3-5-15-22-19-13-11-18(12-14-19)20(4-2)21-16-17-9-7-6-8-10-17/h11-14,17,20-21H,3-10,15-16H2,1-2H3. The molecule has 1 atom stereocenters. The smallest absolute Gasteiger partial charge is 0.119 e. The molecule has 0 radical (unpaired) electrons. The van der Waals surface area contributed by atoms with Crippen molar-refractivity contribution in [3.8, 4) is 5.75 Å². The zero-order chi connectivity index (χ0) is 15.6. The van der Waals surface area contributed by atoms with Crippen LogP contribution in [0.5, 0.6) is 5.75 Å². The summed E-state index contributed by atoms with van der Waals surface area (Å²) in [7, 11) is 0. The van der Waals surface area contributed by atoms with E-state index in [9.17, 15) is 0 Å². The third-order valence-corrected chi connectivity index (χ3v) is 4.84. The summed E-state index contributed by atoms with van der Waals surface area (Å²) in [5, 5.41) is 3.79. The van der Waals surface area contributed by atoms with Crippen molar-refractivity contribution in [3.63, 3.8) is 0 Å². The Hall–Kier alpha value is -1.02. The lowest BCUT2D eigenvalue weighted by molar-refractivity contribution is 0.309. The molecule has 2 nitrogen and oxygen atoms in total. The Balaban J connectivity index is 1.81. The Kier molecular flexibility index (Phi) is 7.79. The van der Waals surface area contributed by atoms with Crippen molar-refractivity contribution in [2.45, 2.75) is 71.3 Å². The molecule has 0 aromatic heterocycles. The van der Waals surface area contributed by atoms with Crippen molar-refractivity contribution >= 4 is 0 Å². The van der Waals surface area contributed by atoms with Crippen LogP contribution in [-0.2, 0) is 0 Å². The predicted molar refractivity (Wildman–Crippen MR) is 94.5 cm³/mol. The van der Waals surface area contributed by atoms with E-state index >= 15 is 0 Å². The molecule has 0 aliphatic heterocycles. The molecule has 22 heavy (non-hydrogen) atoms. The SMILES string of the molecule is CCCCOc1ccc(C(CC)NCC2CCCCC2)cc1. The monoisotopic (exact) mass is 303 g/mol. The Labute approximate surface area is 136 Å². The van der Waals surface area contributed by atoms with Gasteiger partial charge in [-0.1, -0.05) is 51.7 Å². The summed E-state index contributed by atoms with van der Waals surface area (Å²) in [5.74, 6) is 1.89. The summed E-state index contributed by atoms with van der Waals surface area (Å²) < 4.78 is 5.75. The first kappa shape index (κ1) is 17.3. The maximum Gasteiger partial charge on any atom is 0.119 e. The molecule has 2 rings (SSSR count). The van der Waals surface area contributed by atoms with E-state index in [2.05, 4.69) is 43.4 Å². The van der Waals surface area contributed by atoms with Gasteiger partial charge >= 0.3 is 0 Å². The van der Waals surface area contributed by atoms with Gasteiger partial charge in [0.1, 0.15) is 5.75 Å². The quantitative estimate of drug-likeness (QED) is 0.609. The number of benzene rings is 1. The van der Waals surface area contributed by atoms with Crippen LogP contribution in [0, 0.1) is 5.92 Å². The molecule has 0 saturated heterocycles. The van der Waals surface area contributed by atoms with Crippen molar-refractivity contribution in [3.05, 3.63) is 29.8 Å². The van der Waals surface area contributed by atoms with E-state index < -0.39 is 0 Å². The van der Waals surface area contributed by atoms with Crippen molar-refractivity contribution < 1.29 is 4.74 Å². The summed E-state index contributed by atoms with van der Waals surface area (Å²) >= 11 is 0. The zero-order valence-corrected chi connectivity index (χ0v) is 14.4. The molecule has 1 N–H and O–H groups in total. The van der Waals surface area contributed by atoms with Crippen LogP contribution in [0.15, 0.2) is 24.3 Å². The summed E-state index contributed by atoms with van der Waals surface area (Å²) in [6.07, 6.45) is 10.6. The Morgan fingerprint density at radius 1 is 1.09 bits per heavy atom. The fraction of sp³-hybridized carbons (Fsp3) is 0.700.